The third-order valence-corrected chi connectivity index (χ3v) is 1.71. The Hall–Kier alpha value is -2.08. The van der Waals surface area contributed by atoms with E-state index in [0.29, 0.717) is 6.20 Å². The molecule has 15 heavy (non-hydrogen) atoms. The molecule has 0 aliphatic rings. The standard InChI is InChI=1S/C9H4F3N3/c10-8-5(3-14)7(1-2-13)15-4-6(8)9(11)12/h4,9H,1H2. The third kappa shape index (κ3) is 2.05. The second-order valence-electron chi connectivity index (χ2n) is 2.60. The zero-order valence-corrected chi connectivity index (χ0v) is 7.34. The lowest BCUT2D eigenvalue weighted by atomic mass is 10.1. The smallest absolute Gasteiger partial charge is 0.258 e. The number of aromatic nitrogens is 1. The summed E-state index contributed by atoms with van der Waals surface area (Å²) in [7, 11) is 0. The summed E-state index contributed by atoms with van der Waals surface area (Å²) >= 11 is 0. The van der Waals surface area contributed by atoms with E-state index in [-0.39, 0.29) is 12.1 Å². The quantitative estimate of drug-likeness (QED) is 0.752. The molecule has 0 fully saturated rings. The van der Waals surface area contributed by atoms with Gasteiger partial charge in [-0.05, 0) is 0 Å². The van der Waals surface area contributed by atoms with Crippen LogP contribution in [0.15, 0.2) is 6.20 Å². The molecule has 3 nitrogen and oxygen atoms in total. The fourth-order valence-electron chi connectivity index (χ4n) is 1.01. The monoisotopic (exact) mass is 211 g/mol. The van der Waals surface area contributed by atoms with E-state index >= 15 is 0 Å². The maximum Gasteiger partial charge on any atom is 0.268 e. The topological polar surface area (TPSA) is 60.5 Å². The van der Waals surface area contributed by atoms with E-state index < -0.39 is 23.4 Å². The summed E-state index contributed by atoms with van der Waals surface area (Å²) in [5, 5.41) is 16.9. The van der Waals surface area contributed by atoms with E-state index in [1.807, 2.05) is 0 Å². The van der Waals surface area contributed by atoms with Crippen molar-refractivity contribution in [3.63, 3.8) is 0 Å². The van der Waals surface area contributed by atoms with Crippen molar-refractivity contribution in [2.75, 3.05) is 0 Å². The van der Waals surface area contributed by atoms with Crippen LogP contribution >= 0.6 is 0 Å². The SMILES string of the molecule is N#CCc1ncc(C(F)F)c(F)c1C#N. The highest BCUT2D eigenvalue weighted by atomic mass is 19.3. The molecule has 76 valence electrons. The van der Waals surface area contributed by atoms with Crippen molar-refractivity contribution in [1.29, 1.82) is 10.5 Å². The van der Waals surface area contributed by atoms with Gasteiger partial charge < -0.3 is 0 Å². The van der Waals surface area contributed by atoms with E-state index in [4.69, 9.17) is 10.5 Å². The molecule has 0 saturated carbocycles. The Balaban J connectivity index is 3.35. The molecule has 0 saturated heterocycles. The minimum Gasteiger partial charge on any atom is -0.258 e. The summed E-state index contributed by atoms with van der Waals surface area (Å²) in [4.78, 5) is 3.46. The highest BCUT2D eigenvalue weighted by molar-refractivity contribution is 5.39. The molecule has 0 aliphatic heterocycles. The Morgan fingerprint density at radius 1 is 1.40 bits per heavy atom. The van der Waals surface area contributed by atoms with Crippen LogP contribution in [0.25, 0.3) is 0 Å². The maximum absolute atomic E-state index is 13.3. The van der Waals surface area contributed by atoms with E-state index in [0.717, 1.165) is 0 Å². The number of pyridine rings is 1. The number of alkyl halides is 2. The predicted molar refractivity (Wildman–Crippen MR) is 43.2 cm³/mol. The molecule has 0 spiro atoms. The van der Waals surface area contributed by atoms with Crippen LogP contribution in [-0.4, -0.2) is 4.98 Å². The van der Waals surface area contributed by atoms with Crippen molar-refractivity contribution in [3.05, 3.63) is 28.8 Å². The molecule has 0 radical (unpaired) electrons. The second kappa shape index (κ2) is 4.43. The first-order valence-corrected chi connectivity index (χ1v) is 3.84. The fourth-order valence-corrected chi connectivity index (χ4v) is 1.01. The lowest BCUT2D eigenvalue weighted by Gasteiger charge is -2.04. The number of nitrogens with zero attached hydrogens (tertiary/aromatic N) is 3. The van der Waals surface area contributed by atoms with Crippen LogP contribution in [0.3, 0.4) is 0 Å². The molecule has 0 atom stereocenters. The zero-order chi connectivity index (χ0) is 11.4. The minimum atomic E-state index is -3.03. The Morgan fingerprint density at radius 2 is 2.07 bits per heavy atom. The summed E-state index contributed by atoms with van der Waals surface area (Å²) in [6, 6.07) is 3.09. The molecule has 0 bridgehead atoms. The molecule has 0 aliphatic carbocycles. The third-order valence-electron chi connectivity index (χ3n) is 1.71. The number of hydrogen-bond acceptors (Lipinski definition) is 3. The molecule has 6 heteroatoms. The highest BCUT2D eigenvalue weighted by Crippen LogP contribution is 2.24. The number of halogens is 3. The number of rotatable bonds is 2. The molecule has 0 aromatic carbocycles. The highest BCUT2D eigenvalue weighted by Gasteiger charge is 2.20. The van der Waals surface area contributed by atoms with Gasteiger partial charge in [0.15, 0.2) is 5.82 Å². The van der Waals surface area contributed by atoms with Gasteiger partial charge in [0, 0.05) is 6.20 Å². The van der Waals surface area contributed by atoms with Crippen LogP contribution < -0.4 is 0 Å². The summed E-state index contributed by atoms with van der Waals surface area (Å²) < 4.78 is 37.7. The maximum atomic E-state index is 13.3. The predicted octanol–water partition coefficient (Wildman–Crippen LogP) is 2.10. The van der Waals surface area contributed by atoms with Crippen molar-refractivity contribution in [2.45, 2.75) is 12.8 Å². The molecule has 0 unspecified atom stereocenters. The number of nitriles is 2. The van der Waals surface area contributed by atoms with Crippen molar-refractivity contribution in [2.24, 2.45) is 0 Å². The molecule has 0 amide bonds. The van der Waals surface area contributed by atoms with Crippen LogP contribution in [-0.2, 0) is 6.42 Å². The van der Waals surface area contributed by atoms with Crippen molar-refractivity contribution in [1.82, 2.24) is 4.98 Å². The molecule has 1 aromatic heterocycles. The van der Waals surface area contributed by atoms with Gasteiger partial charge in [0.1, 0.15) is 11.6 Å². The van der Waals surface area contributed by atoms with Gasteiger partial charge in [-0.15, -0.1) is 0 Å². The van der Waals surface area contributed by atoms with Gasteiger partial charge in [0.2, 0.25) is 0 Å². The van der Waals surface area contributed by atoms with E-state index in [1.54, 1.807) is 6.07 Å². The Labute approximate surface area is 83.4 Å². The average molecular weight is 211 g/mol. The Morgan fingerprint density at radius 3 is 2.53 bits per heavy atom. The first-order valence-electron chi connectivity index (χ1n) is 3.84. The lowest BCUT2D eigenvalue weighted by molar-refractivity contribution is 0.145. The van der Waals surface area contributed by atoms with Gasteiger partial charge in [-0.2, -0.15) is 10.5 Å². The van der Waals surface area contributed by atoms with Crippen molar-refractivity contribution >= 4 is 0 Å². The first-order chi connectivity index (χ1) is 7.11. The summed E-state index contributed by atoms with van der Waals surface area (Å²) in [5.74, 6) is -1.30. The molecule has 1 rings (SSSR count). The molecule has 0 N–H and O–H groups in total. The second-order valence-corrected chi connectivity index (χ2v) is 2.60. The molecular weight excluding hydrogens is 207 g/mol. The van der Waals surface area contributed by atoms with Crippen LogP contribution in [0.1, 0.15) is 23.2 Å². The summed E-state index contributed by atoms with van der Waals surface area (Å²) in [6.07, 6.45) is -2.67. The van der Waals surface area contributed by atoms with E-state index in [9.17, 15) is 13.2 Å². The Kier molecular flexibility index (Phi) is 3.25. The van der Waals surface area contributed by atoms with Gasteiger partial charge in [-0.1, -0.05) is 0 Å². The van der Waals surface area contributed by atoms with Crippen LogP contribution in [0, 0.1) is 28.5 Å². The fraction of sp³-hybridized carbons (Fsp3) is 0.222. The number of hydrogen-bond donors (Lipinski definition) is 0. The van der Waals surface area contributed by atoms with Gasteiger partial charge in [-0.3, -0.25) is 4.98 Å². The zero-order valence-electron chi connectivity index (χ0n) is 7.34. The van der Waals surface area contributed by atoms with Gasteiger partial charge in [0.25, 0.3) is 6.43 Å². The van der Waals surface area contributed by atoms with Crippen LogP contribution in [0.4, 0.5) is 13.2 Å². The van der Waals surface area contributed by atoms with Gasteiger partial charge in [0.05, 0.1) is 23.7 Å². The lowest BCUT2D eigenvalue weighted by Crippen LogP contribution is -2.02. The van der Waals surface area contributed by atoms with Gasteiger partial charge in [-0.25, -0.2) is 13.2 Å². The Bertz CT molecular complexity index is 457. The largest absolute Gasteiger partial charge is 0.268 e. The molecule has 1 heterocycles. The molecule has 1 aromatic rings. The molecular formula is C9H4F3N3. The average Bonchev–Trinajstić information content (AvgIpc) is 2.18. The normalized spacial score (nSPS) is 9.73. The summed E-state index contributed by atoms with van der Waals surface area (Å²) in [6.45, 7) is 0. The summed E-state index contributed by atoms with van der Waals surface area (Å²) in [5.41, 5.74) is -1.63. The van der Waals surface area contributed by atoms with Crippen LogP contribution in [0.5, 0.6) is 0 Å². The van der Waals surface area contributed by atoms with Crippen LogP contribution in [0.2, 0.25) is 0 Å². The minimum absolute atomic E-state index is 0.123. The van der Waals surface area contributed by atoms with E-state index in [2.05, 4.69) is 4.98 Å². The van der Waals surface area contributed by atoms with Crippen molar-refractivity contribution < 1.29 is 13.2 Å². The van der Waals surface area contributed by atoms with Gasteiger partial charge >= 0.3 is 0 Å². The first kappa shape index (κ1) is 11.0. The van der Waals surface area contributed by atoms with Crippen molar-refractivity contribution in [3.8, 4) is 12.1 Å². The van der Waals surface area contributed by atoms with E-state index in [1.165, 1.54) is 6.07 Å².